The van der Waals surface area contributed by atoms with E-state index in [0.717, 1.165) is 5.56 Å². The van der Waals surface area contributed by atoms with Crippen LogP contribution in [-0.2, 0) is 25.6 Å². The fraction of sp³-hybridized carbons (Fsp3) is 0.500. The molecule has 0 radical (unpaired) electrons. The monoisotopic (exact) mass is 311 g/mol. The van der Waals surface area contributed by atoms with Crippen molar-refractivity contribution in [2.75, 3.05) is 13.7 Å². The third-order valence-electron chi connectivity index (χ3n) is 3.62. The highest BCUT2D eigenvalue weighted by atomic mass is 32.1. The Morgan fingerprint density at radius 2 is 2.14 bits per heavy atom. The molecular formula is C14H17NO5S. The van der Waals surface area contributed by atoms with Crippen molar-refractivity contribution in [1.82, 2.24) is 5.32 Å². The Morgan fingerprint density at radius 1 is 1.38 bits per heavy atom. The molecule has 3 rings (SSSR count). The van der Waals surface area contributed by atoms with Crippen molar-refractivity contribution in [3.63, 3.8) is 0 Å². The van der Waals surface area contributed by atoms with Crippen LogP contribution in [0, 0.1) is 0 Å². The first kappa shape index (κ1) is 14.7. The normalized spacial score (nSPS) is 34.4. The number of methoxy groups -OCH3 is 1. The number of nitrogens with one attached hydrogen (secondary N) is 1. The van der Waals surface area contributed by atoms with E-state index in [2.05, 4.69) is 5.32 Å². The molecule has 4 atom stereocenters. The second kappa shape index (κ2) is 5.86. The summed E-state index contributed by atoms with van der Waals surface area (Å²) in [4.78, 5) is 0. The second-order valence-corrected chi connectivity index (χ2v) is 5.38. The second-order valence-electron chi connectivity index (χ2n) is 5.01. The van der Waals surface area contributed by atoms with Gasteiger partial charge in [-0.05, 0) is 17.8 Å². The predicted octanol–water partition coefficient (Wildman–Crippen LogP) is 0.536. The maximum Gasteiger partial charge on any atom is 0.259 e. The average Bonchev–Trinajstić information content (AvgIpc) is 2.91. The summed E-state index contributed by atoms with van der Waals surface area (Å²) < 4.78 is 21.8. The van der Waals surface area contributed by atoms with E-state index in [1.54, 1.807) is 0 Å². The van der Waals surface area contributed by atoms with E-state index in [0.29, 0.717) is 6.61 Å². The van der Waals surface area contributed by atoms with Gasteiger partial charge in [-0.3, -0.25) is 0 Å². The Bertz CT molecular complexity index is 513. The zero-order valence-corrected chi connectivity index (χ0v) is 12.3. The van der Waals surface area contributed by atoms with Gasteiger partial charge in [0.25, 0.3) is 5.17 Å². The molecule has 2 aliphatic rings. The molecular weight excluding hydrogens is 294 g/mol. The summed E-state index contributed by atoms with van der Waals surface area (Å²) in [6.45, 7) is 0.630. The molecule has 0 amide bonds. The Balaban J connectivity index is 1.61. The highest BCUT2D eigenvalue weighted by molar-refractivity contribution is 7.80. The average molecular weight is 311 g/mol. The number of hydrogen-bond acceptors (Lipinski definition) is 6. The van der Waals surface area contributed by atoms with Crippen molar-refractivity contribution in [2.45, 2.75) is 30.8 Å². The Hall–Kier alpha value is -1.25. The number of thiocarbonyl (C=S) groups is 1. The SMILES string of the molecule is CO[C@@H]1O[C@H](COCc2ccccc2)[C@@]2(O)NC(=S)O[C@@H]12. The van der Waals surface area contributed by atoms with Gasteiger partial charge in [0.15, 0.2) is 6.29 Å². The van der Waals surface area contributed by atoms with Crippen LogP contribution in [0.25, 0.3) is 0 Å². The number of aliphatic hydroxyl groups is 1. The molecule has 1 aromatic carbocycles. The minimum absolute atomic E-state index is 0.140. The van der Waals surface area contributed by atoms with E-state index in [-0.39, 0.29) is 11.8 Å². The number of benzene rings is 1. The molecule has 0 aromatic heterocycles. The molecule has 2 saturated heterocycles. The number of ether oxygens (including phenoxy) is 4. The summed E-state index contributed by atoms with van der Waals surface area (Å²) in [7, 11) is 1.49. The van der Waals surface area contributed by atoms with Gasteiger partial charge in [0.1, 0.15) is 6.10 Å². The molecule has 21 heavy (non-hydrogen) atoms. The molecule has 1 aromatic rings. The van der Waals surface area contributed by atoms with Crippen LogP contribution in [0.15, 0.2) is 30.3 Å². The first-order valence-corrected chi connectivity index (χ1v) is 7.05. The molecule has 2 N–H and O–H groups in total. The van der Waals surface area contributed by atoms with E-state index >= 15 is 0 Å². The Labute approximate surface area is 127 Å². The third-order valence-corrected chi connectivity index (χ3v) is 3.82. The van der Waals surface area contributed by atoms with Crippen molar-refractivity contribution in [1.29, 1.82) is 0 Å². The van der Waals surface area contributed by atoms with Crippen molar-refractivity contribution in [3.05, 3.63) is 35.9 Å². The van der Waals surface area contributed by atoms with Gasteiger partial charge in [-0.2, -0.15) is 0 Å². The molecule has 2 fully saturated rings. The van der Waals surface area contributed by atoms with Gasteiger partial charge in [0, 0.05) is 7.11 Å². The highest BCUT2D eigenvalue weighted by Gasteiger charge is 2.62. The van der Waals surface area contributed by atoms with Gasteiger partial charge in [-0.1, -0.05) is 30.3 Å². The van der Waals surface area contributed by atoms with Crippen molar-refractivity contribution in [3.8, 4) is 0 Å². The molecule has 0 bridgehead atoms. The van der Waals surface area contributed by atoms with Crippen LogP contribution in [0.5, 0.6) is 0 Å². The topological polar surface area (TPSA) is 69.2 Å². The van der Waals surface area contributed by atoms with Gasteiger partial charge in [0.2, 0.25) is 11.8 Å². The molecule has 0 aliphatic carbocycles. The Kier molecular flexibility index (Phi) is 4.10. The van der Waals surface area contributed by atoms with Gasteiger partial charge in [-0.25, -0.2) is 0 Å². The van der Waals surface area contributed by atoms with Crippen LogP contribution < -0.4 is 5.32 Å². The predicted molar refractivity (Wildman–Crippen MR) is 77.3 cm³/mol. The van der Waals surface area contributed by atoms with Gasteiger partial charge >= 0.3 is 0 Å². The summed E-state index contributed by atoms with van der Waals surface area (Å²) in [5.41, 5.74) is -0.373. The first-order valence-electron chi connectivity index (χ1n) is 6.64. The maximum absolute atomic E-state index is 10.7. The molecule has 114 valence electrons. The van der Waals surface area contributed by atoms with Crippen LogP contribution in [0.3, 0.4) is 0 Å². The third kappa shape index (κ3) is 2.75. The minimum atomic E-state index is -1.42. The molecule has 0 unspecified atom stereocenters. The molecule has 0 spiro atoms. The maximum atomic E-state index is 10.7. The molecule has 0 saturated carbocycles. The fourth-order valence-corrected chi connectivity index (χ4v) is 2.80. The van der Waals surface area contributed by atoms with E-state index in [4.69, 9.17) is 31.2 Å². The molecule has 2 heterocycles. The van der Waals surface area contributed by atoms with E-state index < -0.39 is 24.2 Å². The summed E-state index contributed by atoms with van der Waals surface area (Å²) >= 11 is 4.94. The largest absolute Gasteiger partial charge is 0.457 e. The summed E-state index contributed by atoms with van der Waals surface area (Å²) in [6.07, 6.45) is -2.01. The summed E-state index contributed by atoms with van der Waals surface area (Å²) in [5.74, 6) is 0. The van der Waals surface area contributed by atoms with Crippen molar-refractivity contribution >= 4 is 17.4 Å². The van der Waals surface area contributed by atoms with Crippen LogP contribution in [0.1, 0.15) is 5.56 Å². The van der Waals surface area contributed by atoms with Crippen molar-refractivity contribution < 1.29 is 24.1 Å². The minimum Gasteiger partial charge on any atom is -0.457 e. The Morgan fingerprint density at radius 3 is 2.86 bits per heavy atom. The highest BCUT2D eigenvalue weighted by Crippen LogP contribution is 2.36. The van der Waals surface area contributed by atoms with Crippen LogP contribution >= 0.6 is 12.2 Å². The molecule has 6 nitrogen and oxygen atoms in total. The lowest BCUT2D eigenvalue weighted by molar-refractivity contribution is -0.157. The first-order chi connectivity index (χ1) is 10.1. The van der Waals surface area contributed by atoms with Crippen LogP contribution in [0.4, 0.5) is 0 Å². The summed E-state index contributed by atoms with van der Waals surface area (Å²) in [5, 5.41) is 13.5. The smallest absolute Gasteiger partial charge is 0.259 e. The number of hydrogen-bond donors (Lipinski definition) is 2. The molecule has 7 heteroatoms. The quantitative estimate of drug-likeness (QED) is 0.769. The van der Waals surface area contributed by atoms with Gasteiger partial charge < -0.3 is 29.4 Å². The van der Waals surface area contributed by atoms with Crippen LogP contribution in [-0.4, -0.2) is 48.2 Å². The lowest BCUT2D eigenvalue weighted by Gasteiger charge is -2.25. The number of rotatable bonds is 5. The van der Waals surface area contributed by atoms with Gasteiger partial charge in [-0.15, -0.1) is 0 Å². The van der Waals surface area contributed by atoms with Crippen LogP contribution in [0.2, 0.25) is 0 Å². The van der Waals surface area contributed by atoms with E-state index in [1.165, 1.54) is 7.11 Å². The zero-order chi connectivity index (χ0) is 14.9. The molecule has 2 aliphatic heterocycles. The van der Waals surface area contributed by atoms with Crippen molar-refractivity contribution in [2.24, 2.45) is 0 Å². The van der Waals surface area contributed by atoms with E-state index in [9.17, 15) is 5.11 Å². The lowest BCUT2D eigenvalue weighted by Crippen LogP contribution is -2.55. The number of fused-ring (bicyclic) bond motifs is 1. The van der Waals surface area contributed by atoms with E-state index in [1.807, 2.05) is 30.3 Å². The fourth-order valence-electron chi connectivity index (χ4n) is 2.54. The zero-order valence-electron chi connectivity index (χ0n) is 11.5. The summed E-state index contributed by atoms with van der Waals surface area (Å²) in [6, 6.07) is 9.77. The lowest BCUT2D eigenvalue weighted by atomic mass is 10.0. The standard InChI is InChI=1S/C14H17NO5S/c1-17-12-11-14(16,15-13(21)20-11)10(19-12)8-18-7-9-5-3-2-4-6-9/h2-6,10-12,16H,7-8H2,1H3,(H,15,21)/t10-,11+,12-,14+/m1/s1. The van der Waals surface area contributed by atoms with Gasteiger partial charge in [0.05, 0.1) is 13.2 Å².